The van der Waals surface area contributed by atoms with Crippen molar-refractivity contribution in [2.75, 3.05) is 6.54 Å². The maximum atomic E-state index is 12.2. The normalized spacial score (nSPS) is 22.0. The van der Waals surface area contributed by atoms with Crippen LogP contribution in [0.25, 0.3) is 0 Å². The van der Waals surface area contributed by atoms with E-state index in [9.17, 15) is 4.79 Å². The Morgan fingerprint density at radius 2 is 2.48 bits per heavy atom. The summed E-state index contributed by atoms with van der Waals surface area (Å²) >= 11 is 1.78. The molecule has 2 aromatic rings. The molecule has 4 nitrogen and oxygen atoms in total. The van der Waals surface area contributed by atoms with Crippen LogP contribution in [0.1, 0.15) is 29.7 Å². The predicted octanol–water partition coefficient (Wildman–Crippen LogP) is 2.81. The Labute approximate surface area is 129 Å². The number of rotatable bonds is 6. The van der Waals surface area contributed by atoms with E-state index < -0.39 is 0 Å². The van der Waals surface area contributed by atoms with Crippen LogP contribution in [0.15, 0.2) is 29.9 Å². The van der Waals surface area contributed by atoms with Gasteiger partial charge in [-0.1, -0.05) is 6.92 Å². The number of hydrogen-bond acceptors (Lipinski definition) is 3. The highest BCUT2D eigenvalue weighted by Crippen LogP contribution is 2.50. The van der Waals surface area contributed by atoms with Crippen molar-refractivity contribution in [2.45, 2.75) is 32.7 Å². The number of nitrogens with one attached hydrogen (secondary N) is 1. The summed E-state index contributed by atoms with van der Waals surface area (Å²) in [6.45, 7) is 5.82. The number of thiophene rings is 1. The summed E-state index contributed by atoms with van der Waals surface area (Å²) in [5.41, 5.74) is 1.33. The minimum Gasteiger partial charge on any atom is -0.356 e. The van der Waals surface area contributed by atoms with Crippen molar-refractivity contribution in [3.8, 4) is 0 Å². The van der Waals surface area contributed by atoms with E-state index in [1.807, 2.05) is 16.9 Å². The van der Waals surface area contributed by atoms with Gasteiger partial charge in [-0.15, -0.1) is 11.3 Å². The van der Waals surface area contributed by atoms with Gasteiger partial charge >= 0.3 is 0 Å². The second-order valence-electron chi connectivity index (χ2n) is 5.99. The van der Waals surface area contributed by atoms with Crippen molar-refractivity contribution in [1.29, 1.82) is 0 Å². The van der Waals surface area contributed by atoms with Crippen molar-refractivity contribution < 1.29 is 4.79 Å². The number of carbonyl (C=O) groups excluding carboxylic acids is 1. The number of aromatic nitrogens is 2. The van der Waals surface area contributed by atoms with Crippen LogP contribution in [-0.4, -0.2) is 22.2 Å². The molecule has 1 fully saturated rings. The summed E-state index contributed by atoms with van der Waals surface area (Å²) in [4.78, 5) is 13.6. The molecule has 0 unspecified atom stereocenters. The summed E-state index contributed by atoms with van der Waals surface area (Å²) in [7, 11) is 0. The first-order valence-corrected chi connectivity index (χ1v) is 8.32. The predicted molar refractivity (Wildman–Crippen MR) is 84.3 cm³/mol. The van der Waals surface area contributed by atoms with E-state index in [0.29, 0.717) is 18.4 Å². The van der Waals surface area contributed by atoms with E-state index in [0.717, 1.165) is 13.0 Å². The zero-order valence-corrected chi connectivity index (χ0v) is 13.3. The van der Waals surface area contributed by atoms with Gasteiger partial charge in [-0.25, -0.2) is 0 Å². The van der Waals surface area contributed by atoms with E-state index in [-0.39, 0.29) is 11.8 Å². The molecule has 0 bridgehead atoms. The highest BCUT2D eigenvalue weighted by atomic mass is 32.1. The molecule has 2 heterocycles. The third-order valence-corrected chi connectivity index (χ3v) is 5.20. The molecular weight excluding hydrogens is 282 g/mol. The molecule has 5 heteroatoms. The van der Waals surface area contributed by atoms with Gasteiger partial charge in [0, 0.05) is 42.2 Å². The lowest BCUT2D eigenvalue weighted by Gasteiger charge is -2.12. The van der Waals surface area contributed by atoms with Gasteiger partial charge in [0.2, 0.25) is 5.91 Å². The van der Waals surface area contributed by atoms with Gasteiger partial charge in [0.15, 0.2) is 0 Å². The lowest BCUT2D eigenvalue weighted by molar-refractivity contribution is -0.122. The van der Waals surface area contributed by atoms with E-state index in [1.165, 1.54) is 10.4 Å². The largest absolute Gasteiger partial charge is 0.356 e. The smallest absolute Gasteiger partial charge is 0.223 e. The van der Waals surface area contributed by atoms with E-state index in [4.69, 9.17) is 0 Å². The second kappa shape index (κ2) is 6.02. The summed E-state index contributed by atoms with van der Waals surface area (Å²) < 4.78 is 1.91. The lowest BCUT2D eigenvalue weighted by Crippen LogP contribution is -2.31. The minimum absolute atomic E-state index is 0.180. The Balaban J connectivity index is 1.44. The molecular formula is C16H21N3OS. The molecule has 1 amide bonds. The van der Waals surface area contributed by atoms with Crippen LogP contribution < -0.4 is 5.32 Å². The maximum absolute atomic E-state index is 12.2. The average molecular weight is 303 g/mol. The molecule has 0 spiro atoms. The summed E-state index contributed by atoms with van der Waals surface area (Å²) in [5, 5.41) is 9.40. The Hall–Kier alpha value is -1.62. The van der Waals surface area contributed by atoms with Crippen molar-refractivity contribution in [3.63, 3.8) is 0 Å². The van der Waals surface area contributed by atoms with Gasteiger partial charge in [-0.05, 0) is 42.3 Å². The molecule has 0 aromatic carbocycles. The van der Waals surface area contributed by atoms with Gasteiger partial charge in [-0.2, -0.15) is 5.10 Å². The Morgan fingerprint density at radius 3 is 3.14 bits per heavy atom. The van der Waals surface area contributed by atoms with Crippen LogP contribution in [0.2, 0.25) is 0 Å². The zero-order valence-electron chi connectivity index (χ0n) is 12.5. The molecule has 1 N–H and O–H groups in total. The monoisotopic (exact) mass is 303 g/mol. The number of amides is 1. The SMILES string of the molecule is Cc1ccsc1[C@@H]1C[C@H]1C(=O)NC[C@@H](C)Cn1cccn1. The van der Waals surface area contributed by atoms with Gasteiger partial charge in [0.25, 0.3) is 0 Å². The number of hydrogen-bond donors (Lipinski definition) is 1. The Morgan fingerprint density at radius 1 is 1.62 bits per heavy atom. The molecule has 1 aliphatic carbocycles. The van der Waals surface area contributed by atoms with Crippen LogP contribution in [0, 0.1) is 18.8 Å². The number of nitrogens with zero attached hydrogens (tertiary/aromatic N) is 2. The minimum atomic E-state index is 0.180. The summed E-state index contributed by atoms with van der Waals surface area (Å²) in [6, 6.07) is 4.06. The van der Waals surface area contributed by atoms with Gasteiger partial charge < -0.3 is 5.32 Å². The third kappa shape index (κ3) is 3.35. The third-order valence-electron chi connectivity index (χ3n) is 4.05. The number of aryl methyl sites for hydroxylation is 1. The fourth-order valence-electron chi connectivity index (χ4n) is 2.74. The highest BCUT2D eigenvalue weighted by molar-refractivity contribution is 7.10. The Kier molecular flexibility index (Phi) is 4.10. The van der Waals surface area contributed by atoms with Crippen LogP contribution in [0.3, 0.4) is 0 Å². The molecule has 0 radical (unpaired) electrons. The molecule has 0 aliphatic heterocycles. The first-order valence-electron chi connectivity index (χ1n) is 7.44. The van der Waals surface area contributed by atoms with Crippen LogP contribution in [0.4, 0.5) is 0 Å². The quantitative estimate of drug-likeness (QED) is 0.892. The van der Waals surface area contributed by atoms with Crippen molar-refractivity contribution >= 4 is 17.2 Å². The van der Waals surface area contributed by atoms with Gasteiger partial charge in [-0.3, -0.25) is 9.48 Å². The van der Waals surface area contributed by atoms with Crippen molar-refractivity contribution in [3.05, 3.63) is 40.3 Å². The lowest BCUT2D eigenvalue weighted by atomic mass is 10.1. The van der Waals surface area contributed by atoms with E-state index in [2.05, 4.69) is 35.7 Å². The molecule has 21 heavy (non-hydrogen) atoms. The zero-order chi connectivity index (χ0) is 14.8. The van der Waals surface area contributed by atoms with E-state index in [1.54, 1.807) is 17.5 Å². The molecule has 1 saturated carbocycles. The standard InChI is InChI=1S/C16H21N3OS/c1-11(10-19-6-3-5-18-19)9-17-16(20)14-8-13(14)15-12(2)4-7-21-15/h3-7,11,13-14H,8-10H2,1-2H3,(H,17,20)/t11-,13-,14-/m1/s1. The molecule has 1 aliphatic rings. The second-order valence-corrected chi connectivity index (χ2v) is 6.94. The topological polar surface area (TPSA) is 46.9 Å². The first-order chi connectivity index (χ1) is 10.1. The van der Waals surface area contributed by atoms with Crippen molar-refractivity contribution in [2.24, 2.45) is 11.8 Å². The average Bonchev–Trinajstić information content (AvgIpc) is 2.86. The van der Waals surface area contributed by atoms with Gasteiger partial charge in [0.1, 0.15) is 0 Å². The molecule has 2 aromatic heterocycles. The molecule has 0 saturated heterocycles. The van der Waals surface area contributed by atoms with Crippen LogP contribution >= 0.6 is 11.3 Å². The van der Waals surface area contributed by atoms with Crippen molar-refractivity contribution in [1.82, 2.24) is 15.1 Å². The molecule has 3 atom stereocenters. The maximum Gasteiger partial charge on any atom is 0.223 e. The fourth-order valence-corrected chi connectivity index (χ4v) is 3.85. The molecule has 112 valence electrons. The first kappa shape index (κ1) is 14.3. The van der Waals surface area contributed by atoms with Crippen LogP contribution in [0.5, 0.6) is 0 Å². The van der Waals surface area contributed by atoms with Crippen LogP contribution in [-0.2, 0) is 11.3 Å². The Bertz CT molecular complexity index is 605. The summed E-state index contributed by atoms with van der Waals surface area (Å²) in [6.07, 6.45) is 4.74. The van der Waals surface area contributed by atoms with E-state index >= 15 is 0 Å². The van der Waals surface area contributed by atoms with Gasteiger partial charge in [0.05, 0.1) is 0 Å². The highest BCUT2D eigenvalue weighted by Gasteiger charge is 2.45. The fraction of sp³-hybridized carbons (Fsp3) is 0.500. The summed E-state index contributed by atoms with van der Waals surface area (Å²) in [5.74, 6) is 1.22. The molecule has 3 rings (SSSR count). The number of carbonyl (C=O) groups is 1.